The molecular weight excluding hydrogens is 257 g/mol. The summed E-state index contributed by atoms with van der Waals surface area (Å²) in [6.07, 6.45) is -1.77. The minimum absolute atomic E-state index is 0.00172. The molecule has 1 heterocycles. The fourth-order valence-corrected chi connectivity index (χ4v) is 1.58. The monoisotopic (exact) mass is 266 g/mol. The molecule has 0 aliphatic rings. The summed E-state index contributed by atoms with van der Waals surface area (Å²) in [6, 6.07) is 5.67. The Morgan fingerprint density at radius 1 is 1.21 bits per heavy atom. The molecule has 0 saturated heterocycles. The van der Waals surface area contributed by atoms with Crippen LogP contribution < -0.4 is 5.73 Å². The highest BCUT2D eigenvalue weighted by molar-refractivity contribution is 6.12. The van der Waals surface area contributed by atoms with Crippen LogP contribution in [-0.4, -0.2) is 10.8 Å². The Bertz CT molecular complexity index is 609. The highest BCUT2D eigenvalue weighted by Gasteiger charge is 2.31. The van der Waals surface area contributed by atoms with E-state index in [0.29, 0.717) is 0 Å². The zero-order valence-electron chi connectivity index (χ0n) is 9.61. The Hall–Kier alpha value is -2.37. The minimum atomic E-state index is -4.52. The zero-order chi connectivity index (χ0) is 14.0. The zero-order valence-corrected chi connectivity index (χ0v) is 9.61. The average Bonchev–Trinajstić information content (AvgIpc) is 2.38. The molecule has 0 atom stereocenters. The lowest BCUT2D eigenvalue weighted by Crippen LogP contribution is -2.10. The highest BCUT2D eigenvalue weighted by atomic mass is 19.4. The predicted octanol–water partition coefficient (Wildman–Crippen LogP) is 2.91. The van der Waals surface area contributed by atoms with E-state index < -0.39 is 17.5 Å². The lowest BCUT2D eigenvalue weighted by Gasteiger charge is -2.10. The second-order valence-corrected chi connectivity index (χ2v) is 3.87. The first-order chi connectivity index (χ1) is 8.89. The molecular formula is C13H9F3N2O. The molecule has 1 aromatic carbocycles. The predicted molar refractivity (Wildman–Crippen MR) is 63.5 cm³/mol. The van der Waals surface area contributed by atoms with Crippen molar-refractivity contribution in [2.24, 2.45) is 0 Å². The van der Waals surface area contributed by atoms with E-state index in [-0.39, 0.29) is 16.8 Å². The number of ketones is 1. The van der Waals surface area contributed by atoms with E-state index in [2.05, 4.69) is 4.98 Å². The Morgan fingerprint density at radius 3 is 2.53 bits per heavy atom. The van der Waals surface area contributed by atoms with Crippen molar-refractivity contribution in [3.63, 3.8) is 0 Å². The molecule has 1 aromatic heterocycles. The van der Waals surface area contributed by atoms with E-state index in [1.807, 2.05) is 0 Å². The maximum Gasteiger partial charge on any atom is 0.416 e. The molecule has 98 valence electrons. The number of rotatable bonds is 2. The lowest BCUT2D eigenvalue weighted by molar-refractivity contribution is -0.137. The van der Waals surface area contributed by atoms with Crippen LogP contribution in [-0.2, 0) is 6.18 Å². The summed E-state index contributed by atoms with van der Waals surface area (Å²) >= 11 is 0. The summed E-state index contributed by atoms with van der Waals surface area (Å²) < 4.78 is 37.8. The number of hydrogen-bond donors (Lipinski definition) is 1. The maximum absolute atomic E-state index is 12.6. The van der Waals surface area contributed by atoms with Crippen LogP contribution in [0.4, 0.5) is 18.9 Å². The fourth-order valence-electron chi connectivity index (χ4n) is 1.58. The fraction of sp³-hybridized carbons (Fsp3) is 0.0769. The average molecular weight is 266 g/mol. The van der Waals surface area contributed by atoms with E-state index in [4.69, 9.17) is 5.73 Å². The molecule has 3 nitrogen and oxygen atoms in total. The van der Waals surface area contributed by atoms with Crippen molar-refractivity contribution >= 4 is 11.5 Å². The van der Waals surface area contributed by atoms with Gasteiger partial charge in [-0.1, -0.05) is 0 Å². The number of carbonyl (C=O) groups excluding carboxylic acids is 1. The van der Waals surface area contributed by atoms with E-state index in [9.17, 15) is 18.0 Å². The molecule has 0 aliphatic heterocycles. The Kier molecular flexibility index (Phi) is 3.25. The van der Waals surface area contributed by atoms with Gasteiger partial charge in [-0.2, -0.15) is 13.2 Å². The third-order valence-corrected chi connectivity index (χ3v) is 2.55. The number of aromatic nitrogens is 1. The van der Waals surface area contributed by atoms with Gasteiger partial charge in [-0.3, -0.25) is 9.78 Å². The molecule has 0 unspecified atom stereocenters. The van der Waals surface area contributed by atoms with Crippen molar-refractivity contribution in [2.45, 2.75) is 6.18 Å². The Balaban J connectivity index is 2.48. The summed E-state index contributed by atoms with van der Waals surface area (Å²) in [4.78, 5) is 15.8. The number of benzene rings is 1. The largest absolute Gasteiger partial charge is 0.416 e. The number of hydrogen-bond acceptors (Lipinski definition) is 3. The van der Waals surface area contributed by atoms with Gasteiger partial charge < -0.3 is 5.73 Å². The van der Waals surface area contributed by atoms with Crippen LogP contribution in [0, 0.1) is 0 Å². The van der Waals surface area contributed by atoms with Crippen LogP contribution in [0.15, 0.2) is 42.7 Å². The molecule has 2 rings (SSSR count). The first kappa shape index (κ1) is 13.1. The molecule has 19 heavy (non-hydrogen) atoms. The van der Waals surface area contributed by atoms with Crippen molar-refractivity contribution in [1.82, 2.24) is 4.98 Å². The smallest absolute Gasteiger partial charge is 0.398 e. The number of halogens is 3. The van der Waals surface area contributed by atoms with Crippen LogP contribution in [0.1, 0.15) is 21.5 Å². The first-order valence-corrected chi connectivity index (χ1v) is 5.31. The van der Waals surface area contributed by atoms with Crippen molar-refractivity contribution < 1.29 is 18.0 Å². The SMILES string of the molecule is Nc1ccc(C(F)(F)F)cc1C(=O)c1cccnc1. The quantitative estimate of drug-likeness (QED) is 0.671. The second kappa shape index (κ2) is 4.72. The minimum Gasteiger partial charge on any atom is -0.398 e. The third kappa shape index (κ3) is 2.73. The van der Waals surface area contributed by atoms with Crippen molar-refractivity contribution in [2.75, 3.05) is 5.73 Å². The summed E-state index contributed by atoms with van der Waals surface area (Å²) in [5, 5.41) is 0. The van der Waals surface area contributed by atoms with Crippen molar-refractivity contribution in [3.05, 3.63) is 59.4 Å². The third-order valence-electron chi connectivity index (χ3n) is 2.55. The summed E-state index contributed by atoms with van der Waals surface area (Å²) in [5.41, 5.74) is 4.67. The van der Waals surface area contributed by atoms with Gasteiger partial charge in [-0.15, -0.1) is 0 Å². The van der Waals surface area contributed by atoms with Gasteiger partial charge in [0.05, 0.1) is 5.56 Å². The van der Waals surface area contributed by atoms with Gasteiger partial charge in [-0.25, -0.2) is 0 Å². The molecule has 2 N–H and O–H groups in total. The Morgan fingerprint density at radius 2 is 1.95 bits per heavy atom. The molecule has 0 spiro atoms. The van der Waals surface area contributed by atoms with Gasteiger partial charge >= 0.3 is 6.18 Å². The van der Waals surface area contributed by atoms with E-state index in [1.54, 1.807) is 0 Å². The van der Waals surface area contributed by atoms with Crippen LogP contribution >= 0.6 is 0 Å². The molecule has 0 fully saturated rings. The second-order valence-electron chi connectivity index (χ2n) is 3.87. The molecule has 6 heteroatoms. The normalized spacial score (nSPS) is 11.3. The number of carbonyl (C=O) groups is 1. The van der Waals surface area contributed by atoms with E-state index in [1.165, 1.54) is 24.5 Å². The van der Waals surface area contributed by atoms with Gasteiger partial charge in [-0.05, 0) is 30.3 Å². The standard InChI is InChI=1S/C13H9F3N2O/c14-13(15,16)9-3-4-11(17)10(6-9)12(19)8-2-1-5-18-7-8/h1-7H,17H2. The number of nitrogen functional groups attached to an aromatic ring is 1. The van der Waals surface area contributed by atoms with Gasteiger partial charge in [0.1, 0.15) is 0 Å². The van der Waals surface area contributed by atoms with Gasteiger partial charge in [0.25, 0.3) is 0 Å². The molecule has 0 amide bonds. The lowest BCUT2D eigenvalue weighted by atomic mass is 10.0. The summed E-state index contributed by atoms with van der Waals surface area (Å²) in [7, 11) is 0. The number of nitrogens with two attached hydrogens (primary N) is 1. The maximum atomic E-state index is 12.6. The van der Waals surface area contributed by atoms with E-state index >= 15 is 0 Å². The Labute approximate surface area is 106 Å². The van der Waals surface area contributed by atoms with Crippen LogP contribution in [0.3, 0.4) is 0 Å². The molecule has 0 radical (unpaired) electrons. The molecule has 0 saturated carbocycles. The van der Waals surface area contributed by atoms with Gasteiger partial charge in [0, 0.05) is 29.2 Å². The summed E-state index contributed by atoms with van der Waals surface area (Å²) in [6.45, 7) is 0. The van der Waals surface area contributed by atoms with E-state index in [0.717, 1.165) is 18.2 Å². The number of nitrogens with zero attached hydrogens (tertiary/aromatic N) is 1. The van der Waals surface area contributed by atoms with Crippen molar-refractivity contribution in [1.29, 1.82) is 0 Å². The van der Waals surface area contributed by atoms with Gasteiger partial charge in [0.15, 0.2) is 5.78 Å². The first-order valence-electron chi connectivity index (χ1n) is 5.31. The molecule has 0 aliphatic carbocycles. The number of alkyl halides is 3. The molecule has 0 bridgehead atoms. The van der Waals surface area contributed by atoms with Crippen LogP contribution in [0.2, 0.25) is 0 Å². The topological polar surface area (TPSA) is 56.0 Å². The number of anilines is 1. The van der Waals surface area contributed by atoms with Gasteiger partial charge in [0.2, 0.25) is 0 Å². The van der Waals surface area contributed by atoms with Crippen LogP contribution in [0.25, 0.3) is 0 Å². The summed E-state index contributed by atoms with van der Waals surface area (Å²) in [5.74, 6) is -0.586. The van der Waals surface area contributed by atoms with Crippen LogP contribution in [0.5, 0.6) is 0 Å². The molecule has 2 aromatic rings. The number of pyridine rings is 1. The highest BCUT2D eigenvalue weighted by Crippen LogP contribution is 2.31. The van der Waals surface area contributed by atoms with Crippen molar-refractivity contribution in [3.8, 4) is 0 Å².